The molecule has 24 heavy (non-hydrogen) atoms. The highest BCUT2D eigenvalue weighted by molar-refractivity contribution is 6.34. The molecular formula is C16H19ClN2O5. The summed E-state index contributed by atoms with van der Waals surface area (Å²) in [6, 6.07) is 4.57. The number of halogens is 1. The molecule has 0 saturated carbocycles. The SMILES string of the molecule is CCCNC(=O)c1ccc(NC(=O)[C@@H]2CC[C@H](C(=O)O)O2)cc1Cl. The molecule has 2 amide bonds. The van der Waals surface area contributed by atoms with Gasteiger partial charge in [-0.2, -0.15) is 0 Å². The largest absolute Gasteiger partial charge is 0.479 e. The van der Waals surface area contributed by atoms with Crippen molar-refractivity contribution in [2.45, 2.75) is 38.4 Å². The molecule has 1 fully saturated rings. The minimum Gasteiger partial charge on any atom is -0.479 e. The fraction of sp³-hybridized carbons (Fsp3) is 0.438. The minimum atomic E-state index is -1.07. The summed E-state index contributed by atoms with van der Waals surface area (Å²) in [6.45, 7) is 2.50. The molecule has 1 heterocycles. The van der Waals surface area contributed by atoms with Crippen LogP contribution < -0.4 is 10.6 Å². The van der Waals surface area contributed by atoms with Crippen molar-refractivity contribution < 1.29 is 24.2 Å². The molecule has 2 rings (SSSR count). The second-order valence-corrected chi connectivity index (χ2v) is 5.88. The van der Waals surface area contributed by atoms with Crippen LogP contribution in [-0.4, -0.2) is 41.6 Å². The van der Waals surface area contributed by atoms with Crippen LogP contribution in [-0.2, 0) is 14.3 Å². The van der Waals surface area contributed by atoms with Crippen LogP contribution in [0.1, 0.15) is 36.5 Å². The van der Waals surface area contributed by atoms with Crippen LogP contribution in [0.3, 0.4) is 0 Å². The average Bonchev–Trinajstić information content (AvgIpc) is 3.03. The molecule has 1 aliphatic rings. The summed E-state index contributed by atoms with van der Waals surface area (Å²) in [5.74, 6) is -1.78. The summed E-state index contributed by atoms with van der Waals surface area (Å²) in [6.07, 6.45) is -0.305. The lowest BCUT2D eigenvalue weighted by Gasteiger charge is -2.13. The van der Waals surface area contributed by atoms with Crippen molar-refractivity contribution in [3.63, 3.8) is 0 Å². The Labute approximate surface area is 144 Å². The van der Waals surface area contributed by atoms with E-state index in [9.17, 15) is 14.4 Å². The Morgan fingerprint density at radius 3 is 2.58 bits per heavy atom. The van der Waals surface area contributed by atoms with E-state index in [-0.39, 0.29) is 10.9 Å². The van der Waals surface area contributed by atoms with E-state index >= 15 is 0 Å². The molecule has 8 heteroatoms. The van der Waals surface area contributed by atoms with Crippen molar-refractivity contribution in [1.82, 2.24) is 5.32 Å². The van der Waals surface area contributed by atoms with Crippen LogP contribution in [0, 0.1) is 0 Å². The molecule has 3 N–H and O–H groups in total. The quantitative estimate of drug-likeness (QED) is 0.725. The number of aliphatic carboxylic acids is 1. The number of benzene rings is 1. The maximum absolute atomic E-state index is 12.1. The van der Waals surface area contributed by atoms with E-state index in [1.807, 2.05) is 6.92 Å². The predicted octanol–water partition coefficient (Wildman–Crippen LogP) is 2.05. The highest BCUT2D eigenvalue weighted by Gasteiger charge is 2.34. The Morgan fingerprint density at radius 2 is 2.00 bits per heavy atom. The monoisotopic (exact) mass is 354 g/mol. The fourth-order valence-electron chi connectivity index (χ4n) is 2.35. The van der Waals surface area contributed by atoms with E-state index in [1.54, 1.807) is 6.07 Å². The van der Waals surface area contributed by atoms with E-state index in [0.29, 0.717) is 30.6 Å². The molecular weight excluding hydrogens is 336 g/mol. The van der Waals surface area contributed by atoms with Gasteiger partial charge in [0.05, 0.1) is 10.6 Å². The molecule has 2 atom stereocenters. The highest BCUT2D eigenvalue weighted by Crippen LogP contribution is 2.24. The summed E-state index contributed by atoms with van der Waals surface area (Å²) in [5.41, 5.74) is 0.741. The minimum absolute atomic E-state index is 0.220. The number of hydrogen-bond donors (Lipinski definition) is 3. The van der Waals surface area contributed by atoms with Gasteiger partial charge in [-0.1, -0.05) is 18.5 Å². The van der Waals surface area contributed by atoms with Crippen LogP contribution >= 0.6 is 11.6 Å². The molecule has 1 aromatic rings. The van der Waals surface area contributed by atoms with Crippen molar-refractivity contribution in [2.24, 2.45) is 0 Å². The third kappa shape index (κ3) is 4.46. The van der Waals surface area contributed by atoms with Gasteiger partial charge in [-0.25, -0.2) is 4.79 Å². The lowest BCUT2D eigenvalue weighted by molar-refractivity contribution is -0.150. The van der Waals surface area contributed by atoms with E-state index in [1.165, 1.54) is 12.1 Å². The lowest BCUT2D eigenvalue weighted by Crippen LogP contribution is -2.30. The van der Waals surface area contributed by atoms with Crippen molar-refractivity contribution in [1.29, 1.82) is 0 Å². The maximum Gasteiger partial charge on any atom is 0.332 e. The zero-order valence-corrected chi connectivity index (χ0v) is 13.9. The standard InChI is InChI=1S/C16H19ClN2O5/c1-2-7-18-14(20)10-4-3-9(8-11(10)17)19-15(21)12-5-6-13(24-12)16(22)23/h3-4,8,12-13H,2,5-7H2,1H3,(H,18,20)(H,19,21)(H,22,23)/t12-,13+/m0/s1. The number of ether oxygens (including phenoxy) is 1. The maximum atomic E-state index is 12.1. The van der Waals surface area contributed by atoms with Gasteiger partial charge in [-0.15, -0.1) is 0 Å². The van der Waals surface area contributed by atoms with Gasteiger partial charge < -0.3 is 20.5 Å². The number of carbonyl (C=O) groups excluding carboxylic acids is 2. The zero-order chi connectivity index (χ0) is 17.7. The van der Waals surface area contributed by atoms with E-state index in [2.05, 4.69) is 10.6 Å². The van der Waals surface area contributed by atoms with Crippen LogP contribution in [0.4, 0.5) is 5.69 Å². The lowest BCUT2D eigenvalue weighted by atomic mass is 10.1. The highest BCUT2D eigenvalue weighted by atomic mass is 35.5. The molecule has 0 radical (unpaired) electrons. The number of carbonyl (C=O) groups is 3. The molecule has 0 aromatic heterocycles. The van der Waals surface area contributed by atoms with Gasteiger partial charge in [-0.05, 0) is 37.5 Å². The van der Waals surface area contributed by atoms with Gasteiger partial charge in [0, 0.05) is 12.2 Å². The molecule has 0 bridgehead atoms. The number of hydrogen-bond acceptors (Lipinski definition) is 4. The van der Waals surface area contributed by atoms with Crippen LogP contribution in [0.2, 0.25) is 5.02 Å². The number of anilines is 1. The Morgan fingerprint density at radius 1 is 1.29 bits per heavy atom. The van der Waals surface area contributed by atoms with Gasteiger partial charge in [0.1, 0.15) is 6.10 Å². The zero-order valence-electron chi connectivity index (χ0n) is 13.2. The van der Waals surface area contributed by atoms with Crippen molar-refractivity contribution >= 4 is 35.1 Å². The van der Waals surface area contributed by atoms with Gasteiger partial charge in [0.15, 0.2) is 6.10 Å². The Balaban J connectivity index is 1.98. The Hall–Kier alpha value is -2.12. The average molecular weight is 355 g/mol. The second-order valence-electron chi connectivity index (χ2n) is 5.47. The second kappa shape index (κ2) is 8.12. The van der Waals surface area contributed by atoms with Gasteiger partial charge in [-0.3, -0.25) is 9.59 Å². The number of carboxylic acids is 1. The first-order chi connectivity index (χ1) is 11.4. The molecule has 0 aliphatic carbocycles. The molecule has 1 aromatic carbocycles. The summed E-state index contributed by atoms with van der Waals surface area (Å²) >= 11 is 6.09. The van der Waals surface area contributed by atoms with Gasteiger partial charge >= 0.3 is 5.97 Å². The number of nitrogens with one attached hydrogen (secondary N) is 2. The first-order valence-corrected chi connectivity index (χ1v) is 8.07. The number of amides is 2. The van der Waals surface area contributed by atoms with E-state index < -0.39 is 24.1 Å². The molecule has 0 unspecified atom stereocenters. The van der Waals surface area contributed by atoms with E-state index in [0.717, 1.165) is 6.42 Å². The van der Waals surface area contributed by atoms with Gasteiger partial charge in [0.2, 0.25) is 0 Å². The van der Waals surface area contributed by atoms with E-state index in [4.69, 9.17) is 21.4 Å². The summed E-state index contributed by atoms with van der Waals surface area (Å²) < 4.78 is 5.18. The van der Waals surface area contributed by atoms with Crippen molar-refractivity contribution in [2.75, 3.05) is 11.9 Å². The summed E-state index contributed by atoms with van der Waals surface area (Å²) in [5, 5.41) is 14.4. The predicted molar refractivity (Wildman–Crippen MR) is 88.2 cm³/mol. The number of carboxylic acid groups (broad SMARTS) is 1. The fourth-order valence-corrected chi connectivity index (χ4v) is 2.61. The smallest absolute Gasteiger partial charge is 0.332 e. The topological polar surface area (TPSA) is 105 Å². The number of rotatable bonds is 6. The van der Waals surface area contributed by atoms with Crippen LogP contribution in [0.5, 0.6) is 0 Å². The van der Waals surface area contributed by atoms with Crippen molar-refractivity contribution in [3.8, 4) is 0 Å². The Bertz CT molecular complexity index is 649. The third-order valence-electron chi connectivity index (χ3n) is 3.60. The van der Waals surface area contributed by atoms with Crippen LogP contribution in [0.15, 0.2) is 18.2 Å². The summed E-state index contributed by atoms with van der Waals surface area (Å²) in [4.78, 5) is 34.8. The molecule has 1 saturated heterocycles. The first kappa shape index (κ1) is 18.2. The summed E-state index contributed by atoms with van der Waals surface area (Å²) in [7, 11) is 0. The molecule has 130 valence electrons. The Kier molecular flexibility index (Phi) is 6.16. The molecule has 1 aliphatic heterocycles. The first-order valence-electron chi connectivity index (χ1n) is 7.69. The van der Waals surface area contributed by atoms with Crippen molar-refractivity contribution in [3.05, 3.63) is 28.8 Å². The normalized spacial score (nSPS) is 19.8. The van der Waals surface area contributed by atoms with Crippen LogP contribution in [0.25, 0.3) is 0 Å². The molecule has 7 nitrogen and oxygen atoms in total. The molecule has 0 spiro atoms. The third-order valence-corrected chi connectivity index (χ3v) is 3.92. The van der Waals surface area contributed by atoms with Gasteiger partial charge in [0.25, 0.3) is 11.8 Å².